The highest BCUT2D eigenvalue weighted by Crippen LogP contribution is 2.01. The van der Waals surface area contributed by atoms with Crippen molar-refractivity contribution in [2.24, 2.45) is 7.05 Å². The summed E-state index contributed by atoms with van der Waals surface area (Å²) in [5.74, 6) is -0.599. The van der Waals surface area contributed by atoms with Crippen molar-refractivity contribution in [1.82, 2.24) is 15.1 Å². The summed E-state index contributed by atoms with van der Waals surface area (Å²) in [6.07, 6.45) is 1.52. The summed E-state index contributed by atoms with van der Waals surface area (Å²) in [5, 5.41) is 16.7. The molecule has 76 valence electrons. The largest absolute Gasteiger partial charge is 0.480 e. The number of hydrogen-bond acceptors (Lipinski definition) is 3. The van der Waals surface area contributed by atoms with Gasteiger partial charge in [0.1, 0.15) is 12.4 Å². The van der Waals surface area contributed by atoms with Crippen LogP contribution in [0.2, 0.25) is 0 Å². The SMILES string of the molecule is Cn1nccc1NC(=O)NCC(=O)O. The lowest BCUT2D eigenvalue weighted by molar-refractivity contribution is -0.135. The van der Waals surface area contributed by atoms with E-state index < -0.39 is 18.5 Å². The van der Waals surface area contributed by atoms with E-state index in [9.17, 15) is 9.59 Å². The van der Waals surface area contributed by atoms with Crippen LogP contribution in [-0.4, -0.2) is 33.4 Å². The molecule has 0 saturated carbocycles. The number of rotatable bonds is 3. The molecule has 7 nitrogen and oxygen atoms in total. The first-order valence-electron chi connectivity index (χ1n) is 3.84. The predicted octanol–water partition coefficient (Wildman–Crippen LogP) is -0.374. The van der Waals surface area contributed by atoms with Gasteiger partial charge < -0.3 is 10.4 Å². The fraction of sp³-hybridized carbons (Fsp3) is 0.286. The van der Waals surface area contributed by atoms with Gasteiger partial charge in [0.2, 0.25) is 0 Å². The molecule has 1 aromatic heterocycles. The van der Waals surface area contributed by atoms with Gasteiger partial charge in [-0.25, -0.2) is 4.79 Å². The van der Waals surface area contributed by atoms with E-state index in [-0.39, 0.29) is 0 Å². The van der Waals surface area contributed by atoms with Gasteiger partial charge in [0, 0.05) is 13.1 Å². The van der Waals surface area contributed by atoms with Gasteiger partial charge in [0.15, 0.2) is 0 Å². The van der Waals surface area contributed by atoms with Crippen molar-refractivity contribution in [1.29, 1.82) is 0 Å². The van der Waals surface area contributed by atoms with Crippen molar-refractivity contribution in [3.63, 3.8) is 0 Å². The second kappa shape index (κ2) is 4.26. The zero-order valence-corrected chi connectivity index (χ0v) is 7.52. The quantitative estimate of drug-likeness (QED) is 0.617. The van der Waals surface area contributed by atoms with Crippen LogP contribution in [0.25, 0.3) is 0 Å². The van der Waals surface area contributed by atoms with Crippen molar-refractivity contribution in [2.75, 3.05) is 11.9 Å². The molecule has 0 atom stereocenters. The Labute approximate surface area is 79.7 Å². The molecule has 0 unspecified atom stereocenters. The van der Waals surface area contributed by atoms with Gasteiger partial charge in [-0.1, -0.05) is 0 Å². The molecule has 1 aromatic rings. The van der Waals surface area contributed by atoms with Crippen molar-refractivity contribution in [3.8, 4) is 0 Å². The molecule has 0 saturated heterocycles. The summed E-state index contributed by atoms with van der Waals surface area (Å²) in [6.45, 7) is -0.413. The Morgan fingerprint density at radius 2 is 2.36 bits per heavy atom. The molecule has 0 aliphatic carbocycles. The Balaban J connectivity index is 2.42. The highest BCUT2D eigenvalue weighted by molar-refractivity contribution is 5.90. The van der Waals surface area contributed by atoms with Crippen LogP contribution in [-0.2, 0) is 11.8 Å². The van der Waals surface area contributed by atoms with Crippen LogP contribution < -0.4 is 10.6 Å². The second-order valence-electron chi connectivity index (χ2n) is 2.54. The first-order valence-corrected chi connectivity index (χ1v) is 3.84. The summed E-state index contributed by atoms with van der Waals surface area (Å²) < 4.78 is 1.46. The number of urea groups is 1. The monoisotopic (exact) mass is 198 g/mol. The van der Waals surface area contributed by atoms with Crippen LogP contribution >= 0.6 is 0 Å². The Morgan fingerprint density at radius 1 is 1.64 bits per heavy atom. The van der Waals surface area contributed by atoms with Crippen molar-refractivity contribution in [2.45, 2.75) is 0 Å². The molecule has 0 radical (unpaired) electrons. The maximum atomic E-state index is 11.0. The Hall–Kier alpha value is -2.05. The third kappa shape index (κ3) is 2.77. The summed E-state index contributed by atoms with van der Waals surface area (Å²) in [5.41, 5.74) is 0. The molecule has 0 aromatic carbocycles. The fourth-order valence-electron chi connectivity index (χ4n) is 0.813. The molecule has 7 heteroatoms. The standard InChI is InChI=1S/C7H10N4O3/c1-11-5(2-3-9-11)10-7(14)8-4-6(12)13/h2-3H,4H2,1H3,(H,12,13)(H2,8,10,14). The molecule has 0 aliphatic heterocycles. The van der Waals surface area contributed by atoms with E-state index in [1.165, 1.54) is 10.9 Å². The number of carboxylic acid groups (broad SMARTS) is 1. The van der Waals surface area contributed by atoms with Gasteiger partial charge in [0.05, 0.1) is 6.20 Å². The van der Waals surface area contributed by atoms with Gasteiger partial charge in [-0.2, -0.15) is 5.10 Å². The summed E-state index contributed by atoms with van der Waals surface area (Å²) >= 11 is 0. The minimum Gasteiger partial charge on any atom is -0.480 e. The number of carboxylic acids is 1. The summed E-state index contributed by atoms with van der Waals surface area (Å²) in [7, 11) is 1.66. The van der Waals surface area contributed by atoms with Crippen molar-refractivity contribution in [3.05, 3.63) is 12.3 Å². The molecular weight excluding hydrogens is 188 g/mol. The first-order chi connectivity index (χ1) is 6.59. The van der Waals surface area contributed by atoms with E-state index in [1.807, 2.05) is 0 Å². The average molecular weight is 198 g/mol. The van der Waals surface area contributed by atoms with Gasteiger partial charge in [-0.3, -0.25) is 14.8 Å². The molecule has 2 amide bonds. The van der Waals surface area contributed by atoms with E-state index in [4.69, 9.17) is 5.11 Å². The maximum absolute atomic E-state index is 11.0. The second-order valence-corrected chi connectivity index (χ2v) is 2.54. The molecule has 1 rings (SSSR count). The van der Waals surface area contributed by atoms with Gasteiger partial charge in [-0.15, -0.1) is 0 Å². The average Bonchev–Trinajstić information content (AvgIpc) is 2.49. The summed E-state index contributed by atoms with van der Waals surface area (Å²) in [4.78, 5) is 21.2. The third-order valence-corrected chi connectivity index (χ3v) is 1.46. The smallest absolute Gasteiger partial charge is 0.323 e. The number of aromatic nitrogens is 2. The number of amides is 2. The molecule has 1 heterocycles. The Bertz CT molecular complexity index is 346. The lowest BCUT2D eigenvalue weighted by Gasteiger charge is -2.05. The maximum Gasteiger partial charge on any atom is 0.323 e. The first kappa shape index (κ1) is 10.0. The number of nitrogens with zero attached hydrogens (tertiary/aromatic N) is 2. The van der Waals surface area contributed by atoms with Crippen LogP contribution in [0.5, 0.6) is 0 Å². The van der Waals surface area contributed by atoms with E-state index >= 15 is 0 Å². The fourth-order valence-corrected chi connectivity index (χ4v) is 0.813. The minimum absolute atomic E-state index is 0.413. The lowest BCUT2D eigenvalue weighted by Crippen LogP contribution is -2.33. The Kier molecular flexibility index (Phi) is 3.05. The van der Waals surface area contributed by atoms with Crippen LogP contribution in [0.1, 0.15) is 0 Å². The highest BCUT2D eigenvalue weighted by atomic mass is 16.4. The van der Waals surface area contributed by atoms with Crippen LogP contribution in [0.3, 0.4) is 0 Å². The van der Waals surface area contributed by atoms with Gasteiger partial charge in [-0.05, 0) is 0 Å². The molecule has 3 N–H and O–H groups in total. The predicted molar refractivity (Wildman–Crippen MR) is 47.9 cm³/mol. The minimum atomic E-state index is -1.09. The topological polar surface area (TPSA) is 96.3 Å². The van der Waals surface area contributed by atoms with E-state index in [2.05, 4.69) is 15.7 Å². The van der Waals surface area contributed by atoms with Gasteiger partial charge >= 0.3 is 12.0 Å². The van der Waals surface area contributed by atoms with Crippen molar-refractivity contribution < 1.29 is 14.7 Å². The number of aryl methyl sites for hydroxylation is 1. The number of nitrogens with one attached hydrogen (secondary N) is 2. The van der Waals surface area contributed by atoms with Crippen LogP contribution in [0.4, 0.5) is 10.6 Å². The highest BCUT2D eigenvalue weighted by Gasteiger charge is 2.05. The number of carbonyl (C=O) groups excluding carboxylic acids is 1. The molecule has 14 heavy (non-hydrogen) atoms. The molecule has 0 aliphatic rings. The lowest BCUT2D eigenvalue weighted by atomic mass is 10.6. The molecule has 0 bridgehead atoms. The van der Waals surface area contributed by atoms with E-state index in [0.29, 0.717) is 5.82 Å². The summed E-state index contributed by atoms with van der Waals surface area (Å²) in [6, 6.07) is 1.02. The van der Waals surface area contributed by atoms with E-state index in [0.717, 1.165) is 0 Å². The van der Waals surface area contributed by atoms with E-state index in [1.54, 1.807) is 13.1 Å². The number of anilines is 1. The van der Waals surface area contributed by atoms with Gasteiger partial charge in [0.25, 0.3) is 0 Å². The molecular formula is C7H10N4O3. The molecule has 0 fully saturated rings. The Morgan fingerprint density at radius 3 is 2.86 bits per heavy atom. The van der Waals surface area contributed by atoms with Crippen molar-refractivity contribution >= 4 is 17.8 Å². The molecule has 0 spiro atoms. The zero-order chi connectivity index (χ0) is 10.6. The normalized spacial score (nSPS) is 9.50. The zero-order valence-electron chi connectivity index (χ0n) is 7.52. The van der Waals surface area contributed by atoms with Crippen LogP contribution in [0, 0.1) is 0 Å². The van der Waals surface area contributed by atoms with Crippen LogP contribution in [0.15, 0.2) is 12.3 Å². The number of aliphatic carboxylic acids is 1. The number of carbonyl (C=O) groups is 2. The number of hydrogen-bond donors (Lipinski definition) is 3. The third-order valence-electron chi connectivity index (χ3n) is 1.46.